The number of sulfonamides is 1. The minimum absolute atomic E-state index is 0.0511. The first-order valence-corrected chi connectivity index (χ1v) is 13.5. The topological polar surface area (TPSA) is 84.7 Å². The number of halogens is 1. The number of aromatic nitrogens is 2. The van der Waals surface area contributed by atoms with Gasteiger partial charge in [0.1, 0.15) is 5.82 Å². The number of piperazine rings is 1. The van der Waals surface area contributed by atoms with E-state index in [9.17, 15) is 17.6 Å². The SMILES string of the molecule is Cc1nc(SCC(=O)N2CCN(S(=O)(=O)c3cccc(F)c3)CC2)n(CC2CCCO2)c1C. The first kappa shape index (κ1) is 24.2. The quantitative estimate of drug-likeness (QED) is 0.548. The monoisotopic (exact) mass is 496 g/mol. The van der Waals surface area contributed by atoms with Crippen molar-refractivity contribution >= 4 is 27.7 Å². The molecule has 2 aromatic rings. The molecule has 8 nitrogen and oxygen atoms in total. The van der Waals surface area contributed by atoms with E-state index >= 15 is 0 Å². The molecular formula is C22H29FN4O4S2. The van der Waals surface area contributed by atoms with Crippen LogP contribution in [0.2, 0.25) is 0 Å². The third kappa shape index (κ3) is 5.42. The molecule has 0 aliphatic carbocycles. The van der Waals surface area contributed by atoms with Crippen molar-refractivity contribution in [2.45, 2.75) is 49.4 Å². The van der Waals surface area contributed by atoms with Crippen LogP contribution in [0.15, 0.2) is 34.3 Å². The number of imidazole rings is 1. The maximum atomic E-state index is 13.5. The second kappa shape index (κ2) is 10.1. The van der Waals surface area contributed by atoms with Crippen molar-refractivity contribution in [3.63, 3.8) is 0 Å². The van der Waals surface area contributed by atoms with Gasteiger partial charge in [0.15, 0.2) is 5.16 Å². The summed E-state index contributed by atoms with van der Waals surface area (Å²) in [7, 11) is -3.78. The zero-order chi connectivity index (χ0) is 23.6. The van der Waals surface area contributed by atoms with Gasteiger partial charge in [-0.25, -0.2) is 17.8 Å². The average molecular weight is 497 g/mol. The van der Waals surface area contributed by atoms with Gasteiger partial charge in [0.05, 0.1) is 29.0 Å². The zero-order valence-corrected chi connectivity index (χ0v) is 20.5. The molecule has 0 bridgehead atoms. The lowest BCUT2D eigenvalue weighted by Crippen LogP contribution is -2.51. The van der Waals surface area contributed by atoms with Crippen LogP contribution in [0.25, 0.3) is 0 Å². The van der Waals surface area contributed by atoms with Crippen LogP contribution in [0.3, 0.4) is 0 Å². The highest BCUT2D eigenvalue weighted by molar-refractivity contribution is 7.99. The number of amides is 1. The van der Waals surface area contributed by atoms with Crippen molar-refractivity contribution in [3.05, 3.63) is 41.5 Å². The lowest BCUT2D eigenvalue weighted by atomic mass is 10.2. The summed E-state index contributed by atoms with van der Waals surface area (Å²) in [4.78, 5) is 19.1. The summed E-state index contributed by atoms with van der Waals surface area (Å²) < 4.78 is 48.2. The van der Waals surface area contributed by atoms with Gasteiger partial charge >= 0.3 is 0 Å². The fourth-order valence-corrected chi connectivity index (χ4v) is 6.57. The molecule has 1 atom stereocenters. The number of carbonyl (C=O) groups excluding carboxylic acids is 1. The molecule has 2 fully saturated rings. The predicted molar refractivity (Wildman–Crippen MR) is 123 cm³/mol. The van der Waals surface area contributed by atoms with E-state index in [1.54, 1.807) is 4.90 Å². The van der Waals surface area contributed by atoms with Gasteiger partial charge in [-0.1, -0.05) is 17.8 Å². The highest BCUT2D eigenvalue weighted by atomic mass is 32.2. The number of carbonyl (C=O) groups is 1. The molecule has 1 unspecified atom stereocenters. The van der Waals surface area contributed by atoms with Gasteiger partial charge in [0, 0.05) is 38.5 Å². The van der Waals surface area contributed by atoms with E-state index in [0.29, 0.717) is 13.1 Å². The molecule has 3 heterocycles. The highest BCUT2D eigenvalue weighted by Crippen LogP contribution is 2.25. The second-order valence-electron chi connectivity index (χ2n) is 8.34. The minimum Gasteiger partial charge on any atom is -0.376 e. The van der Waals surface area contributed by atoms with Crippen molar-refractivity contribution in [1.82, 2.24) is 18.8 Å². The Kier molecular flexibility index (Phi) is 7.42. The number of rotatable bonds is 7. The van der Waals surface area contributed by atoms with Crippen LogP contribution in [0, 0.1) is 19.7 Å². The molecule has 2 aliphatic heterocycles. The summed E-state index contributed by atoms with van der Waals surface area (Å²) in [6.45, 7) is 6.49. The van der Waals surface area contributed by atoms with Gasteiger partial charge in [-0.2, -0.15) is 4.31 Å². The number of hydrogen-bond acceptors (Lipinski definition) is 6. The first-order valence-electron chi connectivity index (χ1n) is 11.1. The molecule has 0 radical (unpaired) electrons. The van der Waals surface area contributed by atoms with Crippen LogP contribution in [-0.4, -0.2) is 77.7 Å². The smallest absolute Gasteiger partial charge is 0.243 e. The summed E-state index contributed by atoms with van der Waals surface area (Å²) in [6.07, 6.45) is 2.28. The van der Waals surface area contributed by atoms with Gasteiger partial charge in [-0.05, 0) is 44.9 Å². The Labute approximate surface area is 198 Å². The van der Waals surface area contributed by atoms with Crippen LogP contribution in [0.1, 0.15) is 24.2 Å². The van der Waals surface area contributed by atoms with E-state index in [1.807, 2.05) is 13.8 Å². The molecule has 11 heteroatoms. The highest BCUT2D eigenvalue weighted by Gasteiger charge is 2.30. The molecule has 0 N–H and O–H groups in total. The summed E-state index contributed by atoms with van der Waals surface area (Å²) in [6, 6.07) is 5.00. The maximum absolute atomic E-state index is 13.5. The van der Waals surface area contributed by atoms with Crippen molar-refractivity contribution in [3.8, 4) is 0 Å². The third-order valence-corrected chi connectivity index (χ3v) is 9.04. The summed E-state index contributed by atoms with van der Waals surface area (Å²) >= 11 is 1.40. The average Bonchev–Trinajstić information content (AvgIpc) is 3.41. The van der Waals surface area contributed by atoms with E-state index in [2.05, 4.69) is 9.55 Å². The van der Waals surface area contributed by atoms with E-state index in [4.69, 9.17) is 4.74 Å². The van der Waals surface area contributed by atoms with Crippen molar-refractivity contribution in [2.75, 3.05) is 38.5 Å². The third-order valence-electron chi connectivity index (χ3n) is 6.18. The molecule has 0 spiro atoms. The first-order chi connectivity index (χ1) is 15.8. The summed E-state index contributed by atoms with van der Waals surface area (Å²) in [5.74, 6) is -0.409. The molecule has 2 saturated heterocycles. The fraction of sp³-hybridized carbons (Fsp3) is 0.545. The van der Waals surface area contributed by atoms with E-state index in [-0.39, 0.29) is 35.7 Å². The molecule has 0 saturated carbocycles. The molecular weight excluding hydrogens is 467 g/mol. The predicted octanol–water partition coefficient (Wildman–Crippen LogP) is 2.44. The number of nitrogens with zero attached hydrogens (tertiary/aromatic N) is 4. The Hall–Kier alpha value is -1.95. The van der Waals surface area contributed by atoms with Crippen LogP contribution in [0.4, 0.5) is 4.39 Å². The van der Waals surface area contributed by atoms with Gasteiger partial charge in [0.2, 0.25) is 15.9 Å². The molecule has 1 aromatic heterocycles. The van der Waals surface area contributed by atoms with Crippen LogP contribution in [0.5, 0.6) is 0 Å². The van der Waals surface area contributed by atoms with Crippen molar-refractivity contribution < 1.29 is 22.3 Å². The molecule has 180 valence electrons. The second-order valence-corrected chi connectivity index (χ2v) is 11.2. The maximum Gasteiger partial charge on any atom is 0.243 e. The van der Waals surface area contributed by atoms with Crippen LogP contribution in [-0.2, 0) is 26.1 Å². The van der Waals surface area contributed by atoms with E-state index < -0.39 is 15.8 Å². The van der Waals surface area contributed by atoms with E-state index in [1.165, 1.54) is 34.3 Å². The van der Waals surface area contributed by atoms with Crippen molar-refractivity contribution in [2.24, 2.45) is 0 Å². The Morgan fingerprint density at radius 1 is 1.24 bits per heavy atom. The van der Waals surface area contributed by atoms with Crippen molar-refractivity contribution in [1.29, 1.82) is 0 Å². The fourth-order valence-electron chi connectivity index (χ4n) is 4.11. The molecule has 1 amide bonds. The Balaban J connectivity index is 1.33. The summed E-state index contributed by atoms with van der Waals surface area (Å²) in [5.41, 5.74) is 2.02. The largest absolute Gasteiger partial charge is 0.376 e. The van der Waals surface area contributed by atoms with Crippen LogP contribution < -0.4 is 0 Å². The van der Waals surface area contributed by atoms with Gasteiger partial charge in [-0.3, -0.25) is 4.79 Å². The number of ether oxygens (including phenoxy) is 1. The van der Waals surface area contributed by atoms with Gasteiger partial charge in [-0.15, -0.1) is 0 Å². The van der Waals surface area contributed by atoms with Crippen LogP contribution >= 0.6 is 11.8 Å². The number of benzene rings is 1. The zero-order valence-electron chi connectivity index (χ0n) is 18.9. The summed E-state index contributed by atoms with van der Waals surface area (Å²) in [5, 5.41) is 0.807. The molecule has 1 aromatic carbocycles. The lowest BCUT2D eigenvalue weighted by molar-refractivity contribution is -0.129. The molecule has 2 aliphatic rings. The van der Waals surface area contributed by atoms with Gasteiger partial charge < -0.3 is 14.2 Å². The Morgan fingerprint density at radius 3 is 2.67 bits per heavy atom. The standard InChI is InChI=1S/C22H29FN4O4S2/c1-16-17(2)27(14-19-6-4-12-31-19)22(24-16)32-15-21(28)25-8-10-26(11-9-25)33(29,30)20-7-3-5-18(23)13-20/h3,5,7,13,19H,4,6,8-12,14-15H2,1-2H3. The van der Waals surface area contributed by atoms with E-state index in [0.717, 1.165) is 48.6 Å². The molecule has 33 heavy (non-hydrogen) atoms. The number of hydrogen-bond donors (Lipinski definition) is 0. The normalized spacial score (nSPS) is 19.8. The Morgan fingerprint density at radius 2 is 2.00 bits per heavy atom. The molecule has 4 rings (SSSR count). The lowest BCUT2D eigenvalue weighted by Gasteiger charge is -2.34. The minimum atomic E-state index is -3.78. The van der Waals surface area contributed by atoms with Gasteiger partial charge in [0.25, 0.3) is 0 Å². The Bertz CT molecular complexity index is 1110. The number of aryl methyl sites for hydroxylation is 1. The number of thioether (sulfide) groups is 1.